The van der Waals surface area contributed by atoms with Crippen LogP contribution in [0.4, 0.5) is 0 Å². The predicted octanol–water partition coefficient (Wildman–Crippen LogP) is 0.867. The Morgan fingerprint density at radius 1 is 1.43 bits per heavy atom. The molecule has 0 radical (unpaired) electrons. The van der Waals surface area contributed by atoms with E-state index in [-0.39, 0.29) is 17.5 Å². The molecule has 0 aliphatic heterocycles. The third-order valence-electron chi connectivity index (χ3n) is 3.65. The van der Waals surface area contributed by atoms with Gasteiger partial charge in [-0.3, -0.25) is 9.36 Å². The highest BCUT2D eigenvalue weighted by atomic mass is 16.4. The van der Waals surface area contributed by atoms with Crippen LogP contribution in [-0.2, 0) is 4.79 Å². The van der Waals surface area contributed by atoms with E-state index in [4.69, 9.17) is 5.11 Å². The number of carbonyl (C=O) groups is 2. The van der Waals surface area contributed by atoms with Crippen molar-refractivity contribution in [2.45, 2.75) is 31.8 Å². The molecule has 0 bridgehead atoms. The molecule has 0 saturated heterocycles. The van der Waals surface area contributed by atoms with E-state index >= 15 is 0 Å². The van der Waals surface area contributed by atoms with Gasteiger partial charge in [-0.25, -0.2) is 9.59 Å². The minimum atomic E-state index is -1.06. The number of imidazole rings is 1. The quantitative estimate of drug-likeness (QED) is 0.776. The molecule has 1 aromatic carbocycles. The number of aromatic amines is 1. The van der Waals surface area contributed by atoms with E-state index in [0.717, 1.165) is 12.8 Å². The van der Waals surface area contributed by atoms with E-state index < -0.39 is 17.7 Å². The number of H-pyrrole nitrogens is 1. The Kier molecular flexibility index (Phi) is 3.04. The summed E-state index contributed by atoms with van der Waals surface area (Å²) in [6, 6.07) is 3.92. The zero-order valence-electron chi connectivity index (χ0n) is 11.4. The number of aromatic nitrogens is 2. The Labute approximate surface area is 119 Å². The van der Waals surface area contributed by atoms with Gasteiger partial charge < -0.3 is 15.4 Å². The second-order valence-corrected chi connectivity index (χ2v) is 5.30. The molecule has 0 spiro atoms. The third kappa shape index (κ3) is 2.42. The number of fused-ring (bicyclic) bond motifs is 1. The van der Waals surface area contributed by atoms with Gasteiger partial charge in [-0.1, -0.05) is 0 Å². The first-order chi connectivity index (χ1) is 9.97. The maximum absolute atomic E-state index is 12.1. The Morgan fingerprint density at radius 2 is 2.14 bits per heavy atom. The predicted molar refractivity (Wildman–Crippen MR) is 75.4 cm³/mol. The summed E-state index contributed by atoms with van der Waals surface area (Å²) in [5.41, 5.74) is 0.589. The average Bonchev–Trinajstić information content (AvgIpc) is 3.17. The summed E-state index contributed by atoms with van der Waals surface area (Å²) in [5, 5.41) is 11.8. The first-order valence-electron chi connectivity index (χ1n) is 6.75. The van der Waals surface area contributed by atoms with Gasteiger partial charge >= 0.3 is 11.7 Å². The van der Waals surface area contributed by atoms with Crippen LogP contribution >= 0.6 is 0 Å². The second kappa shape index (κ2) is 4.76. The average molecular weight is 289 g/mol. The molecule has 3 rings (SSSR count). The van der Waals surface area contributed by atoms with Crippen molar-refractivity contribution in [2.24, 2.45) is 0 Å². The molecule has 2 aromatic rings. The van der Waals surface area contributed by atoms with Crippen molar-refractivity contribution in [1.82, 2.24) is 14.9 Å². The van der Waals surface area contributed by atoms with E-state index in [1.54, 1.807) is 6.92 Å². The van der Waals surface area contributed by atoms with Crippen molar-refractivity contribution in [2.75, 3.05) is 0 Å². The highest BCUT2D eigenvalue weighted by Crippen LogP contribution is 2.21. The van der Waals surface area contributed by atoms with E-state index in [2.05, 4.69) is 10.3 Å². The molecule has 110 valence electrons. The van der Waals surface area contributed by atoms with Crippen molar-refractivity contribution in [3.05, 3.63) is 34.2 Å². The van der Waals surface area contributed by atoms with Gasteiger partial charge in [-0.05, 0) is 38.0 Å². The van der Waals surface area contributed by atoms with E-state index in [9.17, 15) is 14.4 Å². The summed E-state index contributed by atoms with van der Waals surface area (Å²) in [7, 11) is 0. The van der Waals surface area contributed by atoms with Crippen molar-refractivity contribution >= 4 is 22.9 Å². The number of nitrogens with one attached hydrogen (secondary N) is 2. The molecular formula is C14H15N3O4. The topological polar surface area (TPSA) is 104 Å². The van der Waals surface area contributed by atoms with E-state index in [0.29, 0.717) is 11.0 Å². The molecule has 1 saturated carbocycles. The van der Waals surface area contributed by atoms with Gasteiger partial charge in [0.25, 0.3) is 0 Å². The lowest BCUT2D eigenvalue weighted by Gasteiger charge is -2.13. The number of amides is 1. The molecule has 1 aliphatic carbocycles. The molecule has 1 fully saturated rings. The lowest BCUT2D eigenvalue weighted by atomic mass is 10.2. The van der Waals surface area contributed by atoms with Crippen molar-refractivity contribution in [1.29, 1.82) is 0 Å². The first kappa shape index (κ1) is 13.4. The van der Waals surface area contributed by atoms with Gasteiger partial charge in [0.1, 0.15) is 6.04 Å². The fourth-order valence-corrected chi connectivity index (χ4v) is 2.32. The summed E-state index contributed by atoms with van der Waals surface area (Å²) in [6.45, 7) is 1.65. The number of benzene rings is 1. The molecular weight excluding hydrogens is 274 g/mol. The van der Waals surface area contributed by atoms with Crippen molar-refractivity contribution in [3.63, 3.8) is 0 Å². The zero-order valence-corrected chi connectivity index (χ0v) is 11.4. The van der Waals surface area contributed by atoms with Crippen LogP contribution in [-0.4, -0.2) is 32.6 Å². The fraction of sp³-hybridized carbons (Fsp3) is 0.357. The third-order valence-corrected chi connectivity index (χ3v) is 3.65. The molecule has 1 aromatic heterocycles. The number of hydrogen-bond acceptors (Lipinski definition) is 3. The van der Waals surface area contributed by atoms with Gasteiger partial charge in [0.05, 0.1) is 16.6 Å². The molecule has 1 aliphatic rings. The monoisotopic (exact) mass is 289 g/mol. The molecule has 1 heterocycles. The Balaban J connectivity index is 2.01. The lowest BCUT2D eigenvalue weighted by Crippen LogP contribution is -2.35. The van der Waals surface area contributed by atoms with Gasteiger partial charge in [0, 0.05) is 6.04 Å². The van der Waals surface area contributed by atoms with Crippen LogP contribution in [0.5, 0.6) is 0 Å². The molecule has 1 atom stereocenters. The maximum atomic E-state index is 12.1. The van der Waals surface area contributed by atoms with Crippen LogP contribution in [0.2, 0.25) is 0 Å². The standard InChI is InChI=1S/C14H15N3O4/c1-7(12(18)15-9-3-4-9)17-11-5-2-8(13(19)20)6-10(11)16-14(17)21/h2,5-7,9H,3-4H2,1H3,(H,15,18)(H,16,21)(H,19,20). The zero-order chi connectivity index (χ0) is 15.1. The summed E-state index contributed by atoms with van der Waals surface area (Å²) in [5.74, 6) is -1.27. The summed E-state index contributed by atoms with van der Waals surface area (Å²) < 4.78 is 1.35. The number of nitrogens with zero attached hydrogens (tertiary/aromatic N) is 1. The van der Waals surface area contributed by atoms with Gasteiger partial charge in [0.2, 0.25) is 5.91 Å². The summed E-state index contributed by atoms with van der Waals surface area (Å²) >= 11 is 0. The first-order valence-corrected chi connectivity index (χ1v) is 6.75. The minimum Gasteiger partial charge on any atom is -0.478 e. The largest absolute Gasteiger partial charge is 0.478 e. The molecule has 1 amide bonds. The van der Waals surface area contributed by atoms with Crippen LogP contribution < -0.4 is 11.0 Å². The molecule has 21 heavy (non-hydrogen) atoms. The van der Waals surface area contributed by atoms with E-state index in [1.807, 2.05) is 0 Å². The number of hydrogen-bond donors (Lipinski definition) is 3. The second-order valence-electron chi connectivity index (χ2n) is 5.30. The Bertz CT molecular complexity index is 785. The fourth-order valence-electron chi connectivity index (χ4n) is 2.32. The number of rotatable bonds is 4. The Hall–Kier alpha value is -2.57. The lowest BCUT2D eigenvalue weighted by molar-refractivity contribution is -0.124. The van der Waals surface area contributed by atoms with Crippen LogP contribution in [0.1, 0.15) is 36.2 Å². The van der Waals surface area contributed by atoms with Gasteiger partial charge in [-0.2, -0.15) is 0 Å². The van der Waals surface area contributed by atoms with Crippen molar-refractivity contribution < 1.29 is 14.7 Å². The molecule has 3 N–H and O–H groups in total. The number of carboxylic acid groups (broad SMARTS) is 1. The Morgan fingerprint density at radius 3 is 2.76 bits per heavy atom. The minimum absolute atomic E-state index is 0.0889. The van der Waals surface area contributed by atoms with Crippen LogP contribution in [0.15, 0.2) is 23.0 Å². The summed E-state index contributed by atoms with van der Waals surface area (Å²) in [4.78, 5) is 37.7. The van der Waals surface area contributed by atoms with Gasteiger partial charge in [-0.15, -0.1) is 0 Å². The van der Waals surface area contributed by atoms with Crippen LogP contribution in [0.3, 0.4) is 0 Å². The normalized spacial score (nSPS) is 15.9. The van der Waals surface area contributed by atoms with Crippen molar-refractivity contribution in [3.8, 4) is 0 Å². The number of carbonyl (C=O) groups excluding carboxylic acids is 1. The summed E-state index contributed by atoms with van der Waals surface area (Å²) in [6.07, 6.45) is 1.95. The molecule has 7 nitrogen and oxygen atoms in total. The highest BCUT2D eigenvalue weighted by molar-refractivity contribution is 5.93. The smallest absolute Gasteiger partial charge is 0.335 e. The number of aromatic carboxylic acids is 1. The van der Waals surface area contributed by atoms with E-state index in [1.165, 1.54) is 22.8 Å². The van der Waals surface area contributed by atoms with Gasteiger partial charge in [0.15, 0.2) is 0 Å². The SMILES string of the molecule is CC(C(=O)NC1CC1)n1c(=O)[nH]c2cc(C(=O)O)ccc21. The van der Waals surface area contributed by atoms with Crippen LogP contribution in [0, 0.1) is 0 Å². The molecule has 1 unspecified atom stereocenters. The number of carboxylic acids is 1. The highest BCUT2D eigenvalue weighted by Gasteiger charge is 2.27. The molecule has 7 heteroatoms. The maximum Gasteiger partial charge on any atom is 0.335 e. The van der Waals surface area contributed by atoms with Crippen LogP contribution in [0.25, 0.3) is 11.0 Å².